The normalized spacial score (nSPS) is 11.3. The zero-order valence-electron chi connectivity index (χ0n) is 82.9. The van der Waals surface area contributed by atoms with Crippen LogP contribution in [-0.4, -0.2) is 100 Å². The van der Waals surface area contributed by atoms with E-state index in [2.05, 4.69) is 41.5 Å². The van der Waals surface area contributed by atoms with Crippen molar-refractivity contribution in [2.24, 2.45) is 0 Å². The first-order valence-electron chi connectivity index (χ1n) is 53.1. The van der Waals surface area contributed by atoms with E-state index in [1.165, 1.54) is 307 Å². The number of benzene rings is 6. The van der Waals surface area contributed by atoms with Gasteiger partial charge in [0.1, 0.15) is 0 Å². The van der Waals surface area contributed by atoms with E-state index >= 15 is 0 Å². The number of hydrogen-bond acceptors (Lipinski definition) is 18. The lowest BCUT2D eigenvalue weighted by Crippen LogP contribution is -2.03. The molecular weight excluding hydrogens is 1650 g/mol. The van der Waals surface area contributed by atoms with Gasteiger partial charge < -0.3 is 59.1 Å². The Labute approximate surface area is 795 Å². The summed E-state index contributed by atoms with van der Waals surface area (Å²) in [4.78, 5) is 30.0. The van der Waals surface area contributed by atoms with Gasteiger partial charge in [0.25, 0.3) is 0 Å². The molecule has 4 aromatic heterocycles. The number of phenols is 6. The van der Waals surface area contributed by atoms with Gasteiger partial charge in [-0.15, -0.1) is 0 Å². The summed E-state index contributed by atoms with van der Waals surface area (Å²) in [5, 5.41) is 73.5. The minimum Gasteiger partial charge on any atom is -0.504 e. The molecule has 6 bridgehead atoms. The second kappa shape index (κ2) is 70.6. The van der Waals surface area contributed by atoms with E-state index in [-0.39, 0.29) is 32.3 Å². The molecule has 18 heteroatoms. The molecule has 10 aromatic rings. The summed E-state index contributed by atoms with van der Waals surface area (Å²) < 4.78 is 40.1. The third-order valence-electron chi connectivity index (χ3n) is 25.4. The molecule has 0 unspecified atom stereocenters. The van der Waals surface area contributed by atoms with Gasteiger partial charge in [0.05, 0.1) is 72.7 Å². The number of aromatic nitrogens is 6. The number of rotatable bonds is 72. The summed E-state index contributed by atoms with van der Waals surface area (Å²) in [6.07, 6.45) is 79.5. The lowest BCUT2D eigenvalue weighted by molar-refractivity contribution is 0.259. The summed E-state index contributed by atoms with van der Waals surface area (Å²) in [6, 6.07) is 20.6. The topological polar surface area (TPSA) is 254 Å². The molecule has 6 aromatic carbocycles. The molecule has 0 radical (unpaired) electrons. The van der Waals surface area contributed by atoms with Crippen molar-refractivity contribution in [2.45, 2.75) is 427 Å². The molecule has 0 saturated heterocycles. The number of phenolic OH excluding ortho intramolecular Hbond substituents is 6. The van der Waals surface area contributed by atoms with Gasteiger partial charge in [-0.1, -0.05) is 388 Å². The Kier molecular flexibility index (Phi) is 58.8. The van der Waals surface area contributed by atoms with E-state index in [1.807, 2.05) is 0 Å². The van der Waals surface area contributed by atoms with Gasteiger partial charge in [0.2, 0.25) is 0 Å². The summed E-state index contributed by atoms with van der Waals surface area (Å²) >= 11 is 0. The number of nitrogens with zero attached hydrogens (tertiary/aromatic N) is 6. The lowest BCUT2D eigenvalue weighted by atomic mass is 10.1. The molecule has 132 heavy (non-hydrogen) atoms. The highest BCUT2D eigenvalue weighted by molar-refractivity contribution is 5.86. The molecule has 732 valence electrons. The van der Waals surface area contributed by atoms with Crippen molar-refractivity contribution in [2.75, 3.05) is 39.6 Å². The van der Waals surface area contributed by atoms with Crippen molar-refractivity contribution in [3.05, 3.63) is 110 Å². The predicted octanol–water partition coefficient (Wildman–Crippen LogP) is 34.1. The fraction of sp³-hybridized carbons (Fsp3) is 0.632. The Morgan fingerprint density at radius 1 is 0.159 bits per heavy atom. The van der Waals surface area contributed by atoms with Gasteiger partial charge in [-0.25, -0.2) is 0 Å². The van der Waals surface area contributed by atoms with Crippen LogP contribution in [0.1, 0.15) is 427 Å². The van der Waals surface area contributed by atoms with Crippen molar-refractivity contribution in [3.8, 4) is 69.0 Å². The Hall–Kier alpha value is -9.06. The molecular formula is C114H174N6O12. The first kappa shape index (κ1) is 110. The maximum Gasteiger partial charge on any atom is 0.167 e. The van der Waals surface area contributed by atoms with E-state index in [0.717, 1.165) is 116 Å². The van der Waals surface area contributed by atoms with Crippen LogP contribution in [0.3, 0.4) is 0 Å². The van der Waals surface area contributed by atoms with Crippen molar-refractivity contribution < 1.29 is 59.1 Å². The molecule has 0 fully saturated rings. The van der Waals surface area contributed by atoms with E-state index in [0.29, 0.717) is 107 Å². The van der Waals surface area contributed by atoms with Crippen LogP contribution in [-0.2, 0) is 0 Å². The van der Waals surface area contributed by atoms with Gasteiger partial charge >= 0.3 is 0 Å². The van der Waals surface area contributed by atoms with Crippen molar-refractivity contribution in [3.63, 3.8) is 0 Å². The standard InChI is InChI=1S/C114H174N6O12/c1-7-13-19-25-31-37-43-49-55-61-73-127-103-79-97-98(80-104(103)128-74-62-56-50-44-38-32-26-20-14-8-2)116-86-92-69-70-94(112(124)110(92)122)88-118-101-83-107(131-77-65-59-53-47-41-35-29-23-17-11-5)108(132-78-66-60-54-48-42-36-30-24-18-12-6)84-102(101)120-90-96-72-71-95(113(125)114(96)126)89-119-100-82-106(130-76-64-58-52-46-40-34-28-22-16-10-4)105(129-75-63-57-51-45-39-33-27-21-15-9-3)81-99(100)117-87-93-68-67-91(85-115-97)109(121)111(93)123/h67-72,79-90,121-126H,7-66,73-78H2,1-6H3. The van der Waals surface area contributed by atoms with Gasteiger partial charge in [0.15, 0.2) is 69.0 Å². The molecule has 0 aliphatic rings. The minimum absolute atomic E-state index is 0.189. The molecule has 6 N–H and O–H groups in total. The molecule has 0 aliphatic carbocycles. The van der Waals surface area contributed by atoms with Crippen molar-refractivity contribution >= 4 is 65.4 Å². The highest BCUT2D eigenvalue weighted by atomic mass is 16.5. The third kappa shape index (κ3) is 44.4. The average Bonchev–Trinajstić information content (AvgIpc) is 0.810. The van der Waals surface area contributed by atoms with Crippen molar-refractivity contribution in [1.29, 1.82) is 0 Å². The summed E-state index contributed by atoms with van der Waals surface area (Å²) in [5.74, 6) is 0.187. The van der Waals surface area contributed by atoms with Crippen LogP contribution < -0.4 is 28.4 Å². The van der Waals surface area contributed by atoms with Crippen LogP contribution in [0.25, 0.3) is 65.4 Å². The number of ether oxygens (including phenoxy) is 6. The molecule has 4 heterocycles. The maximum atomic E-state index is 12.1. The second-order valence-corrected chi connectivity index (χ2v) is 36.9. The molecule has 0 atom stereocenters. The fourth-order valence-corrected chi connectivity index (χ4v) is 16.8. The Morgan fingerprint density at radius 3 is 0.379 bits per heavy atom. The Balaban J connectivity index is 1.43. The summed E-state index contributed by atoms with van der Waals surface area (Å²) in [7, 11) is 0. The molecule has 10 rings (SSSR count). The van der Waals surface area contributed by atoms with Crippen LogP contribution >= 0.6 is 0 Å². The monoisotopic (exact) mass is 1820 g/mol. The third-order valence-corrected chi connectivity index (χ3v) is 25.4. The van der Waals surface area contributed by atoms with Crippen molar-refractivity contribution in [1.82, 2.24) is 29.9 Å². The van der Waals surface area contributed by atoms with E-state index in [4.69, 9.17) is 58.3 Å². The van der Waals surface area contributed by atoms with Crippen LogP contribution in [0, 0.1) is 0 Å². The van der Waals surface area contributed by atoms with Crippen LogP contribution in [0.5, 0.6) is 69.0 Å². The largest absolute Gasteiger partial charge is 0.504 e. The zero-order valence-corrected chi connectivity index (χ0v) is 82.9. The summed E-state index contributed by atoms with van der Waals surface area (Å²) in [5.41, 5.74) is 2.01. The van der Waals surface area contributed by atoms with Crippen LogP contribution in [0.4, 0.5) is 0 Å². The molecule has 18 nitrogen and oxygen atoms in total. The smallest absolute Gasteiger partial charge is 0.167 e. The summed E-state index contributed by atoms with van der Waals surface area (Å²) in [6.45, 7) is 16.2. The molecule has 0 spiro atoms. The average molecular weight is 1820 g/mol. The van der Waals surface area contributed by atoms with Gasteiger partial charge in [-0.05, 0) is 74.9 Å². The molecule has 0 saturated carbocycles. The fourth-order valence-electron chi connectivity index (χ4n) is 16.8. The van der Waals surface area contributed by atoms with E-state index in [1.54, 1.807) is 72.8 Å². The van der Waals surface area contributed by atoms with Crippen LogP contribution in [0.15, 0.2) is 110 Å². The Bertz CT molecular complexity index is 3910. The highest BCUT2D eigenvalue weighted by Crippen LogP contribution is 2.40. The zero-order chi connectivity index (χ0) is 93.7. The predicted molar refractivity (Wildman–Crippen MR) is 552 cm³/mol. The Morgan fingerprint density at radius 2 is 0.265 bits per heavy atom. The quantitative estimate of drug-likeness (QED) is 0.0153. The van der Waals surface area contributed by atoms with Gasteiger partial charge in [-0.2, -0.15) is 0 Å². The van der Waals surface area contributed by atoms with Gasteiger partial charge in [-0.3, -0.25) is 29.9 Å². The SMILES string of the molecule is CCCCCCCCCCCCOc1cc2ncc3ccc(cnc4cc(OCCCCCCCCCCCC)c(OCCCCCCCCCCCC)cc4ncc4ccc(cnc5cc(OCCCCCCCCCCCC)c(OCCCCCCCCCCCC)cc5ncc5ccc(cnc2cc1OCCCCCCCCCCCC)c(O)c5O)c(O)c4O)c(O)c3O. The molecule has 0 amide bonds. The second-order valence-electron chi connectivity index (χ2n) is 36.9. The highest BCUT2D eigenvalue weighted by Gasteiger charge is 2.17. The number of hydrogen-bond donors (Lipinski definition) is 6. The lowest BCUT2D eigenvalue weighted by Gasteiger charge is -2.14. The van der Waals surface area contributed by atoms with E-state index in [9.17, 15) is 30.6 Å². The number of aromatic hydroxyl groups is 6. The van der Waals surface area contributed by atoms with Crippen LogP contribution in [0.2, 0.25) is 0 Å². The van der Waals surface area contributed by atoms with E-state index < -0.39 is 34.5 Å². The first-order chi connectivity index (χ1) is 64.9. The number of unbranched alkanes of at least 4 members (excludes halogenated alkanes) is 54. The maximum absolute atomic E-state index is 12.1. The minimum atomic E-state index is -0.450. The number of fused-ring (bicyclic) bond motifs is 3. The molecule has 0 aliphatic heterocycles. The first-order valence-corrected chi connectivity index (χ1v) is 53.1. The van der Waals surface area contributed by atoms with Gasteiger partial charge in [0, 0.05) is 106 Å².